The Labute approximate surface area is 154 Å². The van der Waals surface area contributed by atoms with E-state index in [1.54, 1.807) is 0 Å². The zero-order valence-electron chi connectivity index (χ0n) is 16.2. The first-order chi connectivity index (χ1) is 12.3. The van der Waals surface area contributed by atoms with E-state index >= 15 is 0 Å². The number of fused-ring (bicyclic) bond motifs is 1. The summed E-state index contributed by atoms with van der Waals surface area (Å²) in [6.07, 6.45) is 17.9. The van der Waals surface area contributed by atoms with Crippen LogP contribution in [-0.2, 0) is 4.74 Å². The first-order valence-electron chi connectivity index (χ1n) is 11.2. The SMILES string of the molecule is CO[C@H]1CC[C@@H](CC2C(O)N[C@H]3CCCCC23)CC1C1CCCCC1. The molecule has 4 unspecified atom stereocenters. The molecule has 1 aliphatic heterocycles. The van der Waals surface area contributed by atoms with Crippen molar-refractivity contribution >= 4 is 0 Å². The number of aliphatic hydroxyl groups is 1. The molecule has 3 saturated carbocycles. The van der Waals surface area contributed by atoms with Crippen LogP contribution in [0.25, 0.3) is 0 Å². The van der Waals surface area contributed by atoms with Crippen LogP contribution in [0.2, 0.25) is 0 Å². The monoisotopic (exact) mass is 349 g/mol. The summed E-state index contributed by atoms with van der Waals surface area (Å²) in [6, 6.07) is 0.596. The second-order valence-corrected chi connectivity index (χ2v) is 9.58. The first-order valence-corrected chi connectivity index (χ1v) is 11.2. The molecule has 3 heteroatoms. The third-order valence-electron chi connectivity index (χ3n) is 8.27. The van der Waals surface area contributed by atoms with Gasteiger partial charge in [0.15, 0.2) is 0 Å². The molecule has 25 heavy (non-hydrogen) atoms. The van der Waals surface area contributed by atoms with E-state index in [0.29, 0.717) is 18.1 Å². The minimum atomic E-state index is -0.249. The quantitative estimate of drug-likeness (QED) is 0.786. The van der Waals surface area contributed by atoms with E-state index in [1.807, 2.05) is 7.11 Å². The van der Waals surface area contributed by atoms with Crippen LogP contribution in [0, 0.1) is 29.6 Å². The highest BCUT2D eigenvalue weighted by Gasteiger charge is 2.45. The second kappa shape index (κ2) is 8.27. The van der Waals surface area contributed by atoms with E-state index in [4.69, 9.17) is 4.74 Å². The molecule has 3 aliphatic carbocycles. The van der Waals surface area contributed by atoms with Crippen molar-refractivity contribution in [3.63, 3.8) is 0 Å². The van der Waals surface area contributed by atoms with Crippen molar-refractivity contribution in [1.29, 1.82) is 0 Å². The molecule has 3 nitrogen and oxygen atoms in total. The van der Waals surface area contributed by atoms with Gasteiger partial charge >= 0.3 is 0 Å². The molecule has 7 atom stereocenters. The van der Waals surface area contributed by atoms with Gasteiger partial charge in [-0.05, 0) is 62.2 Å². The zero-order chi connectivity index (χ0) is 17.2. The molecule has 0 amide bonds. The molecule has 0 spiro atoms. The Kier molecular flexibility index (Phi) is 6.04. The topological polar surface area (TPSA) is 41.5 Å². The number of methoxy groups -OCH3 is 1. The lowest BCUT2D eigenvalue weighted by Gasteiger charge is -2.42. The van der Waals surface area contributed by atoms with Crippen molar-refractivity contribution < 1.29 is 9.84 Å². The van der Waals surface area contributed by atoms with Gasteiger partial charge in [-0.2, -0.15) is 0 Å². The molecule has 144 valence electrons. The van der Waals surface area contributed by atoms with Crippen molar-refractivity contribution in [1.82, 2.24) is 5.32 Å². The predicted octanol–water partition coefficient (Wildman–Crippen LogP) is 4.48. The molecule has 1 saturated heterocycles. The van der Waals surface area contributed by atoms with Gasteiger partial charge in [0.05, 0.1) is 6.10 Å². The highest BCUT2D eigenvalue weighted by molar-refractivity contribution is 4.97. The summed E-state index contributed by atoms with van der Waals surface area (Å²) in [5, 5.41) is 14.1. The van der Waals surface area contributed by atoms with Crippen LogP contribution in [0.3, 0.4) is 0 Å². The van der Waals surface area contributed by atoms with E-state index in [9.17, 15) is 5.11 Å². The Balaban J connectivity index is 1.38. The predicted molar refractivity (Wildman–Crippen MR) is 101 cm³/mol. The molecule has 2 N–H and O–H groups in total. The average molecular weight is 350 g/mol. The Morgan fingerprint density at radius 3 is 2.44 bits per heavy atom. The normalized spacial score (nSPS) is 46.1. The Morgan fingerprint density at radius 2 is 1.64 bits per heavy atom. The molecular formula is C22H39NO2. The molecule has 0 aromatic heterocycles. The zero-order valence-corrected chi connectivity index (χ0v) is 16.2. The van der Waals surface area contributed by atoms with Crippen LogP contribution in [0.4, 0.5) is 0 Å². The van der Waals surface area contributed by atoms with E-state index in [0.717, 1.165) is 23.7 Å². The fourth-order valence-electron chi connectivity index (χ4n) is 6.98. The van der Waals surface area contributed by atoms with Crippen molar-refractivity contribution in [2.75, 3.05) is 7.11 Å². The molecule has 4 fully saturated rings. The summed E-state index contributed by atoms with van der Waals surface area (Å²) in [4.78, 5) is 0. The largest absolute Gasteiger partial charge is 0.381 e. The molecule has 0 bridgehead atoms. The van der Waals surface area contributed by atoms with Crippen molar-refractivity contribution in [2.24, 2.45) is 29.6 Å². The van der Waals surface area contributed by atoms with Crippen molar-refractivity contribution in [3.8, 4) is 0 Å². The van der Waals surface area contributed by atoms with E-state index in [2.05, 4.69) is 5.32 Å². The third kappa shape index (κ3) is 3.94. The molecule has 0 aromatic rings. The van der Waals surface area contributed by atoms with Gasteiger partial charge in [0.25, 0.3) is 0 Å². The summed E-state index contributed by atoms with van der Waals surface area (Å²) < 4.78 is 5.92. The summed E-state index contributed by atoms with van der Waals surface area (Å²) in [6.45, 7) is 0. The van der Waals surface area contributed by atoms with Gasteiger partial charge in [-0.1, -0.05) is 44.9 Å². The lowest BCUT2D eigenvalue weighted by Crippen LogP contribution is -2.38. The lowest BCUT2D eigenvalue weighted by atomic mass is 9.66. The maximum Gasteiger partial charge on any atom is 0.108 e. The van der Waals surface area contributed by atoms with Crippen molar-refractivity contribution in [3.05, 3.63) is 0 Å². The maximum atomic E-state index is 10.6. The fraction of sp³-hybridized carbons (Fsp3) is 1.00. The van der Waals surface area contributed by atoms with Gasteiger partial charge < -0.3 is 9.84 Å². The number of rotatable bonds is 4. The molecule has 4 rings (SSSR count). The highest BCUT2D eigenvalue weighted by atomic mass is 16.5. The van der Waals surface area contributed by atoms with Crippen LogP contribution in [0.15, 0.2) is 0 Å². The molecular weight excluding hydrogens is 310 g/mol. The number of hydrogen-bond donors (Lipinski definition) is 2. The van der Waals surface area contributed by atoms with Gasteiger partial charge in [-0.15, -0.1) is 0 Å². The number of nitrogens with one attached hydrogen (secondary N) is 1. The van der Waals surface area contributed by atoms with Crippen LogP contribution < -0.4 is 5.32 Å². The van der Waals surface area contributed by atoms with Gasteiger partial charge in [-0.25, -0.2) is 0 Å². The smallest absolute Gasteiger partial charge is 0.108 e. The Hall–Kier alpha value is -0.120. The summed E-state index contributed by atoms with van der Waals surface area (Å²) >= 11 is 0. The molecule has 4 aliphatic rings. The highest BCUT2D eigenvalue weighted by Crippen LogP contribution is 2.46. The molecule has 1 heterocycles. The summed E-state index contributed by atoms with van der Waals surface area (Å²) in [7, 11) is 1.93. The number of aliphatic hydroxyl groups excluding tert-OH is 1. The van der Waals surface area contributed by atoms with E-state index in [-0.39, 0.29) is 6.23 Å². The Morgan fingerprint density at radius 1 is 0.880 bits per heavy atom. The Bertz CT molecular complexity index is 422. The van der Waals surface area contributed by atoms with Gasteiger partial charge in [0.1, 0.15) is 6.23 Å². The fourth-order valence-corrected chi connectivity index (χ4v) is 6.98. The van der Waals surface area contributed by atoms with Gasteiger partial charge in [0, 0.05) is 19.1 Å². The summed E-state index contributed by atoms with van der Waals surface area (Å²) in [5.41, 5.74) is 0. The van der Waals surface area contributed by atoms with Crippen LogP contribution in [0.5, 0.6) is 0 Å². The minimum Gasteiger partial charge on any atom is -0.381 e. The number of hydrogen-bond acceptors (Lipinski definition) is 3. The van der Waals surface area contributed by atoms with Crippen molar-refractivity contribution in [2.45, 2.75) is 102 Å². The van der Waals surface area contributed by atoms with Crippen LogP contribution >= 0.6 is 0 Å². The number of ether oxygens (including phenoxy) is 1. The van der Waals surface area contributed by atoms with E-state index < -0.39 is 0 Å². The van der Waals surface area contributed by atoms with Crippen LogP contribution in [0.1, 0.15) is 83.5 Å². The summed E-state index contributed by atoms with van der Waals surface area (Å²) in [5.74, 6) is 3.71. The van der Waals surface area contributed by atoms with Gasteiger partial charge in [-0.3, -0.25) is 5.32 Å². The molecule has 0 aromatic carbocycles. The lowest BCUT2D eigenvalue weighted by molar-refractivity contribution is -0.0316. The minimum absolute atomic E-state index is 0.249. The molecule has 0 radical (unpaired) electrons. The first kappa shape index (κ1) is 18.3. The third-order valence-corrected chi connectivity index (χ3v) is 8.27. The average Bonchev–Trinajstić information content (AvgIpc) is 2.98. The van der Waals surface area contributed by atoms with Crippen LogP contribution in [-0.4, -0.2) is 30.6 Å². The maximum absolute atomic E-state index is 10.6. The van der Waals surface area contributed by atoms with E-state index in [1.165, 1.54) is 83.5 Å². The van der Waals surface area contributed by atoms with Gasteiger partial charge in [0.2, 0.25) is 0 Å². The second-order valence-electron chi connectivity index (χ2n) is 9.58. The standard InChI is InChI=1S/C22H39NO2/c1-25-21-12-11-15(13-18(21)16-7-3-2-4-8-16)14-19-17-9-5-6-10-20(17)23-22(19)24/h15-24H,2-14H2,1H3/t15-,17?,18?,19?,20+,21+,22?/m1/s1.